The number of carbonyl (C=O) groups is 1. The molecule has 1 N–H and O–H groups in total. The molecule has 2 aromatic rings. The number of rotatable bonds is 6. The molecule has 0 bridgehead atoms. The maximum Gasteiger partial charge on any atom is 0.227 e. The first-order valence-corrected chi connectivity index (χ1v) is 8.32. The fourth-order valence-electron chi connectivity index (χ4n) is 2.72. The highest BCUT2D eigenvalue weighted by atomic mass is 16.1. The van der Waals surface area contributed by atoms with Crippen molar-refractivity contribution in [1.82, 2.24) is 4.98 Å². The summed E-state index contributed by atoms with van der Waals surface area (Å²) in [5, 5.41) is 2.96. The van der Waals surface area contributed by atoms with Gasteiger partial charge in [0.25, 0.3) is 0 Å². The molecule has 1 fully saturated rings. The highest BCUT2D eigenvalue weighted by Gasteiger charge is 2.25. The van der Waals surface area contributed by atoms with E-state index in [2.05, 4.69) is 46.4 Å². The van der Waals surface area contributed by atoms with Gasteiger partial charge in [-0.05, 0) is 37.5 Å². The van der Waals surface area contributed by atoms with E-state index in [1.54, 1.807) is 6.20 Å². The Morgan fingerprint density at radius 1 is 1.22 bits per heavy atom. The molecular weight excluding hydrogens is 286 g/mol. The van der Waals surface area contributed by atoms with Crippen molar-refractivity contribution in [2.45, 2.75) is 32.7 Å². The molecule has 1 aliphatic carbocycles. The van der Waals surface area contributed by atoms with Crippen LogP contribution in [0.2, 0.25) is 0 Å². The Bertz CT molecular complexity index is 635. The van der Waals surface area contributed by atoms with Crippen molar-refractivity contribution >= 4 is 17.4 Å². The predicted octanol–water partition coefficient (Wildman–Crippen LogP) is 3.85. The monoisotopic (exact) mass is 309 g/mol. The molecule has 1 aromatic carbocycles. The third-order valence-electron chi connectivity index (χ3n) is 4.41. The lowest BCUT2D eigenvalue weighted by molar-refractivity contribution is -0.122. The second kappa shape index (κ2) is 7.27. The summed E-state index contributed by atoms with van der Waals surface area (Å²) in [6, 6.07) is 14.3. The number of carbonyl (C=O) groups excluding carboxylic acids is 1. The molecule has 4 heteroatoms. The van der Waals surface area contributed by atoms with E-state index in [1.165, 1.54) is 12.0 Å². The second-order valence-corrected chi connectivity index (χ2v) is 6.02. The van der Waals surface area contributed by atoms with Gasteiger partial charge >= 0.3 is 0 Å². The normalized spacial score (nSPS) is 14.1. The van der Waals surface area contributed by atoms with Gasteiger partial charge in [-0.3, -0.25) is 4.79 Å². The SMILES string of the molecule is CCN(Cc1ccccc1)c1ccc(NC(=O)C2CCC2)cn1. The second-order valence-electron chi connectivity index (χ2n) is 6.02. The van der Waals surface area contributed by atoms with Gasteiger partial charge in [-0.15, -0.1) is 0 Å². The molecule has 0 atom stereocenters. The number of amides is 1. The Balaban J connectivity index is 1.63. The zero-order chi connectivity index (χ0) is 16.1. The van der Waals surface area contributed by atoms with Crippen molar-refractivity contribution in [3.8, 4) is 0 Å². The Morgan fingerprint density at radius 3 is 2.57 bits per heavy atom. The van der Waals surface area contributed by atoms with E-state index in [-0.39, 0.29) is 11.8 Å². The van der Waals surface area contributed by atoms with Crippen molar-refractivity contribution in [2.75, 3.05) is 16.8 Å². The van der Waals surface area contributed by atoms with Crippen molar-refractivity contribution in [3.05, 3.63) is 54.2 Å². The largest absolute Gasteiger partial charge is 0.353 e. The van der Waals surface area contributed by atoms with Crippen LogP contribution in [0.1, 0.15) is 31.7 Å². The third-order valence-corrected chi connectivity index (χ3v) is 4.41. The number of hydrogen-bond donors (Lipinski definition) is 1. The van der Waals surface area contributed by atoms with Crippen LogP contribution in [-0.4, -0.2) is 17.4 Å². The molecule has 120 valence electrons. The quantitative estimate of drug-likeness (QED) is 0.881. The summed E-state index contributed by atoms with van der Waals surface area (Å²) in [7, 11) is 0. The molecule has 23 heavy (non-hydrogen) atoms. The number of aromatic nitrogens is 1. The van der Waals surface area contributed by atoms with Gasteiger partial charge in [0.2, 0.25) is 5.91 Å². The Morgan fingerprint density at radius 2 is 2.00 bits per heavy atom. The number of hydrogen-bond acceptors (Lipinski definition) is 3. The fraction of sp³-hybridized carbons (Fsp3) is 0.368. The van der Waals surface area contributed by atoms with E-state index in [4.69, 9.17) is 0 Å². The van der Waals surface area contributed by atoms with Gasteiger partial charge in [0, 0.05) is 19.0 Å². The molecule has 1 aromatic heterocycles. The molecule has 0 aliphatic heterocycles. The van der Waals surface area contributed by atoms with Crippen molar-refractivity contribution < 1.29 is 4.79 Å². The van der Waals surface area contributed by atoms with Crippen LogP contribution in [0.3, 0.4) is 0 Å². The number of pyridine rings is 1. The van der Waals surface area contributed by atoms with E-state index in [0.717, 1.165) is 37.4 Å². The lowest BCUT2D eigenvalue weighted by Gasteiger charge is -2.24. The van der Waals surface area contributed by atoms with Crippen LogP contribution in [0.4, 0.5) is 11.5 Å². The minimum Gasteiger partial charge on any atom is -0.353 e. The number of anilines is 2. The van der Waals surface area contributed by atoms with Crippen molar-refractivity contribution in [2.24, 2.45) is 5.92 Å². The Kier molecular flexibility index (Phi) is 4.91. The number of nitrogens with one attached hydrogen (secondary N) is 1. The topological polar surface area (TPSA) is 45.2 Å². The van der Waals surface area contributed by atoms with Gasteiger partial charge in [0.15, 0.2) is 0 Å². The summed E-state index contributed by atoms with van der Waals surface area (Å²) in [6.07, 6.45) is 4.94. The predicted molar refractivity (Wildman–Crippen MR) is 93.4 cm³/mol. The highest BCUT2D eigenvalue weighted by Crippen LogP contribution is 2.27. The van der Waals surface area contributed by atoms with Crippen LogP contribution in [0.5, 0.6) is 0 Å². The smallest absolute Gasteiger partial charge is 0.227 e. The molecule has 0 saturated heterocycles. The highest BCUT2D eigenvalue weighted by molar-refractivity contribution is 5.92. The van der Waals surface area contributed by atoms with Crippen LogP contribution >= 0.6 is 0 Å². The van der Waals surface area contributed by atoms with Gasteiger partial charge in [0.05, 0.1) is 11.9 Å². The van der Waals surface area contributed by atoms with E-state index in [9.17, 15) is 4.79 Å². The minimum absolute atomic E-state index is 0.127. The van der Waals surface area contributed by atoms with Gasteiger partial charge < -0.3 is 10.2 Å². The molecule has 4 nitrogen and oxygen atoms in total. The summed E-state index contributed by atoms with van der Waals surface area (Å²) in [6.45, 7) is 3.84. The lowest BCUT2D eigenvalue weighted by Crippen LogP contribution is -2.28. The lowest BCUT2D eigenvalue weighted by atomic mass is 9.85. The minimum atomic E-state index is 0.127. The molecular formula is C19H23N3O. The first-order chi connectivity index (χ1) is 11.3. The third kappa shape index (κ3) is 3.89. The van der Waals surface area contributed by atoms with Gasteiger partial charge in [-0.2, -0.15) is 0 Å². The van der Waals surface area contributed by atoms with Crippen LogP contribution in [-0.2, 0) is 11.3 Å². The summed E-state index contributed by atoms with van der Waals surface area (Å²) < 4.78 is 0. The Hall–Kier alpha value is -2.36. The molecule has 1 aliphatic rings. The fourth-order valence-corrected chi connectivity index (χ4v) is 2.72. The van der Waals surface area contributed by atoms with E-state index in [1.807, 2.05) is 18.2 Å². The molecule has 0 spiro atoms. The average molecular weight is 309 g/mol. The number of nitrogens with zero attached hydrogens (tertiary/aromatic N) is 2. The molecule has 1 heterocycles. The zero-order valence-corrected chi connectivity index (χ0v) is 13.5. The maximum absolute atomic E-state index is 12.0. The molecule has 0 unspecified atom stereocenters. The van der Waals surface area contributed by atoms with E-state index < -0.39 is 0 Å². The first-order valence-electron chi connectivity index (χ1n) is 8.32. The first kappa shape index (κ1) is 15.5. The molecule has 1 amide bonds. The van der Waals surface area contributed by atoms with Crippen molar-refractivity contribution in [1.29, 1.82) is 0 Å². The number of benzene rings is 1. The zero-order valence-electron chi connectivity index (χ0n) is 13.5. The summed E-state index contributed by atoms with van der Waals surface area (Å²) in [4.78, 5) is 18.7. The summed E-state index contributed by atoms with van der Waals surface area (Å²) in [5.74, 6) is 1.25. The molecule has 3 rings (SSSR count). The van der Waals surface area contributed by atoms with E-state index >= 15 is 0 Å². The van der Waals surface area contributed by atoms with Crippen LogP contribution in [0.15, 0.2) is 48.7 Å². The van der Waals surface area contributed by atoms with Gasteiger partial charge in [0.1, 0.15) is 5.82 Å². The van der Waals surface area contributed by atoms with Gasteiger partial charge in [-0.1, -0.05) is 36.8 Å². The van der Waals surface area contributed by atoms with Crippen LogP contribution in [0.25, 0.3) is 0 Å². The van der Waals surface area contributed by atoms with Crippen LogP contribution < -0.4 is 10.2 Å². The van der Waals surface area contributed by atoms with E-state index in [0.29, 0.717) is 0 Å². The molecule has 0 radical (unpaired) electrons. The standard InChI is InChI=1S/C19H23N3O/c1-2-22(14-15-7-4-3-5-8-15)18-12-11-17(13-20-18)21-19(23)16-9-6-10-16/h3-5,7-8,11-13,16H,2,6,9-10,14H2,1H3,(H,21,23). The molecule has 1 saturated carbocycles. The van der Waals surface area contributed by atoms with Crippen LogP contribution in [0, 0.1) is 5.92 Å². The van der Waals surface area contributed by atoms with Crippen molar-refractivity contribution in [3.63, 3.8) is 0 Å². The average Bonchev–Trinajstić information content (AvgIpc) is 2.53. The maximum atomic E-state index is 12.0. The Labute approximate surface area is 137 Å². The van der Waals surface area contributed by atoms with Gasteiger partial charge in [-0.25, -0.2) is 4.98 Å². The summed E-state index contributed by atoms with van der Waals surface area (Å²) >= 11 is 0. The summed E-state index contributed by atoms with van der Waals surface area (Å²) in [5.41, 5.74) is 2.04.